The van der Waals surface area contributed by atoms with Gasteiger partial charge < -0.3 is 15.4 Å². The molecule has 1 heterocycles. The average molecular weight is 235 g/mol. The van der Waals surface area contributed by atoms with Crippen molar-refractivity contribution in [2.24, 2.45) is 0 Å². The van der Waals surface area contributed by atoms with Crippen LogP contribution in [0, 0.1) is 0 Å². The minimum atomic E-state index is -0.344. The van der Waals surface area contributed by atoms with Gasteiger partial charge in [0, 0.05) is 13.2 Å². The minimum Gasteiger partial charge on any atom is -0.376 e. The third kappa shape index (κ3) is 4.99. The summed E-state index contributed by atoms with van der Waals surface area (Å²) in [4.78, 5) is 21.9. The van der Waals surface area contributed by atoms with Crippen LogP contribution in [0.1, 0.15) is 12.8 Å². The molecular weight excluding hydrogens is 220 g/mol. The van der Waals surface area contributed by atoms with Crippen molar-refractivity contribution in [2.45, 2.75) is 18.9 Å². The van der Waals surface area contributed by atoms with Crippen molar-refractivity contribution in [3.63, 3.8) is 0 Å². The van der Waals surface area contributed by atoms with Crippen LogP contribution in [-0.2, 0) is 14.3 Å². The molecule has 6 heteroatoms. The molecule has 0 bridgehead atoms. The molecule has 1 rings (SSSR count). The number of halogens is 1. The van der Waals surface area contributed by atoms with Gasteiger partial charge in [0.2, 0.25) is 11.8 Å². The molecule has 0 aromatic carbocycles. The normalized spacial score (nSPS) is 19.9. The van der Waals surface area contributed by atoms with E-state index in [1.165, 1.54) is 0 Å². The fourth-order valence-electron chi connectivity index (χ4n) is 1.32. The maximum absolute atomic E-state index is 11.2. The zero-order valence-electron chi connectivity index (χ0n) is 8.42. The summed E-state index contributed by atoms with van der Waals surface area (Å²) in [5.74, 6) is -0.688. The Morgan fingerprint density at radius 3 is 2.73 bits per heavy atom. The third-order valence-corrected chi connectivity index (χ3v) is 2.36. The highest BCUT2D eigenvalue weighted by Gasteiger charge is 2.15. The van der Waals surface area contributed by atoms with Gasteiger partial charge in [-0.15, -0.1) is 11.6 Å². The van der Waals surface area contributed by atoms with E-state index in [2.05, 4.69) is 10.6 Å². The second-order valence-electron chi connectivity index (χ2n) is 3.35. The van der Waals surface area contributed by atoms with Crippen molar-refractivity contribution in [2.75, 3.05) is 25.6 Å². The van der Waals surface area contributed by atoms with Crippen molar-refractivity contribution < 1.29 is 14.3 Å². The van der Waals surface area contributed by atoms with Crippen LogP contribution >= 0.6 is 11.6 Å². The van der Waals surface area contributed by atoms with Crippen LogP contribution in [0.5, 0.6) is 0 Å². The van der Waals surface area contributed by atoms with Gasteiger partial charge in [0.15, 0.2) is 0 Å². The summed E-state index contributed by atoms with van der Waals surface area (Å²) in [5, 5.41) is 5.07. The lowest BCUT2D eigenvalue weighted by molar-refractivity contribution is -0.125. The summed E-state index contributed by atoms with van der Waals surface area (Å²) < 4.78 is 5.33. The smallest absolute Gasteiger partial charge is 0.239 e. The van der Waals surface area contributed by atoms with Gasteiger partial charge in [-0.2, -0.15) is 0 Å². The van der Waals surface area contributed by atoms with Crippen LogP contribution in [-0.4, -0.2) is 43.5 Å². The van der Waals surface area contributed by atoms with Crippen molar-refractivity contribution in [1.82, 2.24) is 10.6 Å². The first-order valence-electron chi connectivity index (χ1n) is 4.93. The van der Waals surface area contributed by atoms with Crippen molar-refractivity contribution in [3.05, 3.63) is 0 Å². The van der Waals surface area contributed by atoms with Gasteiger partial charge in [-0.05, 0) is 12.8 Å². The third-order valence-electron chi connectivity index (χ3n) is 2.12. The number of alkyl halides is 1. The standard InChI is InChI=1S/C9H15ClN2O3/c10-4-8(13)12-6-9(14)11-5-7-2-1-3-15-7/h7H,1-6H2,(H,11,14)(H,12,13). The maximum Gasteiger partial charge on any atom is 0.239 e. The topological polar surface area (TPSA) is 67.4 Å². The summed E-state index contributed by atoms with van der Waals surface area (Å²) in [6, 6.07) is 0. The maximum atomic E-state index is 11.2. The molecule has 0 aliphatic carbocycles. The van der Waals surface area contributed by atoms with Crippen LogP contribution < -0.4 is 10.6 Å². The number of carbonyl (C=O) groups is 2. The van der Waals surface area contributed by atoms with E-state index in [1.54, 1.807) is 0 Å². The lowest BCUT2D eigenvalue weighted by Gasteiger charge is -2.10. The molecule has 1 atom stereocenters. The molecular formula is C9H15ClN2O3. The highest BCUT2D eigenvalue weighted by atomic mass is 35.5. The molecule has 1 fully saturated rings. The van der Waals surface area contributed by atoms with E-state index in [4.69, 9.17) is 16.3 Å². The molecule has 0 radical (unpaired) electrons. The van der Waals surface area contributed by atoms with Crippen molar-refractivity contribution in [3.8, 4) is 0 Å². The van der Waals surface area contributed by atoms with Gasteiger partial charge in [-0.25, -0.2) is 0 Å². The van der Waals surface area contributed by atoms with Gasteiger partial charge in [-0.1, -0.05) is 0 Å². The number of hydrogen-bond donors (Lipinski definition) is 2. The summed E-state index contributed by atoms with van der Waals surface area (Å²) >= 11 is 5.25. The molecule has 2 N–H and O–H groups in total. The Hall–Kier alpha value is -0.810. The summed E-state index contributed by atoms with van der Waals surface area (Å²) in [6.45, 7) is 1.25. The molecule has 1 saturated heterocycles. The number of hydrogen-bond acceptors (Lipinski definition) is 3. The molecule has 1 unspecified atom stereocenters. The Balaban J connectivity index is 2.05. The Morgan fingerprint density at radius 1 is 1.33 bits per heavy atom. The lowest BCUT2D eigenvalue weighted by atomic mass is 10.2. The van der Waals surface area contributed by atoms with E-state index >= 15 is 0 Å². The van der Waals surface area contributed by atoms with Crippen LogP contribution in [0.3, 0.4) is 0 Å². The van der Waals surface area contributed by atoms with E-state index in [-0.39, 0.29) is 30.3 Å². The van der Waals surface area contributed by atoms with Crippen LogP contribution in [0.2, 0.25) is 0 Å². The van der Waals surface area contributed by atoms with E-state index in [9.17, 15) is 9.59 Å². The van der Waals surface area contributed by atoms with E-state index in [1.807, 2.05) is 0 Å². The molecule has 0 saturated carbocycles. The zero-order valence-corrected chi connectivity index (χ0v) is 9.18. The largest absolute Gasteiger partial charge is 0.376 e. The van der Waals surface area contributed by atoms with E-state index < -0.39 is 0 Å². The first-order chi connectivity index (χ1) is 7.22. The Kier molecular flexibility index (Phi) is 5.42. The molecule has 15 heavy (non-hydrogen) atoms. The fraction of sp³-hybridized carbons (Fsp3) is 0.778. The van der Waals surface area contributed by atoms with Gasteiger partial charge in [-0.3, -0.25) is 9.59 Å². The molecule has 0 spiro atoms. The second kappa shape index (κ2) is 6.63. The van der Waals surface area contributed by atoms with Gasteiger partial charge in [0.05, 0.1) is 12.6 Å². The highest BCUT2D eigenvalue weighted by Crippen LogP contribution is 2.10. The predicted octanol–water partition coefficient (Wildman–Crippen LogP) is -0.363. The summed E-state index contributed by atoms with van der Waals surface area (Å²) in [5.41, 5.74) is 0. The van der Waals surface area contributed by atoms with Crippen molar-refractivity contribution in [1.29, 1.82) is 0 Å². The monoisotopic (exact) mass is 234 g/mol. The molecule has 0 aromatic rings. The predicted molar refractivity (Wildman–Crippen MR) is 55.7 cm³/mol. The highest BCUT2D eigenvalue weighted by molar-refractivity contribution is 6.27. The SMILES string of the molecule is O=C(CCl)NCC(=O)NCC1CCCO1. The quantitative estimate of drug-likeness (QED) is 0.639. The number of ether oxygens (including phenoxy) is 1. The number of nitrogens with one attached hydrogen (secondary N) is 2. The zero-order chi connectivity index (χ0) is 11.1. The fourth-order valence-corrected chi connectivity index (χ4v) is 1.42. The Bertz CT molecular complexity index is 229. The summed E-state index contributed by atoms with van der Waals surface area (Å²) in [6.07, 6.45) is 2.15. The molecule has 1 aliphatic heterocycles. The molecule has 86 valence electrons. The van der Waals surface area contributed by atoms with Crippen LogP contribution in [0.4, 0.5) is 0 Å². The average Bonchev–Trinajstić information content (AvgIpc) is 2.75. The van der Waals surface area contributed by atoms with Crippen molar-refractivity contribution >= 4 is 23.4 Å². The molecule has 5 nitrogen and oxygen atoms in total. The van der Waals surface area contributed by atoms with Crippen LogP contribution in [0.15, 0.2) is 0 Å². The number of carbonyl (C=O) groups excluding carboxylic acids is 2. The number of rotatable bonds is 5. The van der Waals surface area contributed by atoms with E-state index in [0.717, 1.165) is 19.4 Å². The number of amides is 2. The second-order valence-corrected chi connectivity index (χ2v) is 3.62. The Morgan fingerprint density at radius 2 is 2.13 bits per heavy atom. The van der Waals surface area contributed by atoms with Gasteiger partial charge >= 0.3 is 0 Å². The van der Waals surface area contributed by atoms with Gasteiger partial charge in [0.25, 0.3) is 0 Å². The molecule has 1 aliphatic rings. The van der Waals surface area contributed by atoms with Gasteiger partial charge in [0.1, 0.15) is 5.88 Å². The van der Waals surface area contributed by atoms with E-state index in [0.29, 0.717) is 6.54 Å². The molecule has 0 aromatic heterocycles. The minimum absolute atomic E-state index is 0.0295. The lowest BCUT2D eigenvalue weighted by Crippen LogP contribution is -2.40. The Labute approximate surface area is 93.5 Å². The molecule has 2 amide bonds. The van der Waals surface area contributed by atoms with Crippen LogP contribution in [0.25, 0.3) is 0 Å². The summed E-state index contributed by atoms with van der Waals surface area (Å²) in [7, 11) is 0. The first-order valence-corrected chi connectivity index (χ1v) is 5.47. The first kappa shape index (κ1) is 12.3.